The Labute approximate surface area is 112 Å². The van der Waals surface area contributed by atoms with Gasteiger partial charge in [0.2, 0.25) is 0 Å². The minimum Gasteiger partial charge on any atom is -0.364 e. The molecule has 1 heterocycles. The molecule has 0 aromatic heterocycles. The van der Waals surface area contributed by atoms with Crippen molar-refractivity contribution in [2.45, 2.75) is 44.5 Å². The molecule has 4 heteroatoms. The molecule has 1 aromatic rings. The number of anilines is 1. The van der Waals surface area contributed by atoms with Gasteiger partial charge in [0, 0.05) is 18.5 Å². The lowest BCUT2D eigenvalue weighted by Gasteiger charge is -2.37. The van der Waals surface area contributed by atoms with Gasteiger partial charge in [-0.15, -0.1) is 11.6 Å². The third kappa shape index (κ3) is 2.61. The highest BCUT2D eigenvalue weighted by Gasteiger charge is 2.26. The molecule has 1 saturated heterocycles. The van der Waals surface area contributed by atoms with Crippen molar-refractivity contribution in [3.05, 3.63) is 29.3 Å². The maximum atomic E-state index is 14.1. The Morgan fingerprint density at radius 3 is 2.50 bits per heavy atom. The van der Waals surface area contributed by atoms with Crippen LogP contribution in [0.1, 0.15) is 38.2 Å². The number of alkyl halides is 1. The largest absolute Gasteiger partial charge is 0.364 e. The normalized spacial score (nSPS) is 20.2. The molecular formula is C14H18ClF2N. The van der Waals surface area contributed by atoms with Crippen molar-refractivity contribution in [2.75, 3.05) is 11.4 Å². The predicted molar refractivity (Wildman–Crippen MR) is 71.2 cm³/mol. The van der Waals surface area contributed by atoms with Crippen LogP contribution in [-0.2, 0) is 5.88 Å². The highest BCUT2D eigenvalue weighted by Crippen LogP contribution is 2.32. The monoisotopic (exact) mass is 273 g/mol. The van der Waals surface area contributed by atoms with Gasteiger partial charge < -0.3 is 4.90 Å². The minimum atomic E-state index is -0.494. The van der Waals surface area contributed by atoms with Crippen LogP contribution in [0.4, 0.5) is 14.5 Å². The molecular weight excluding hydrogens is 256 g/mol. The average Bonchev–Trinajstić information content (AvgIpc) is 2.38. The number of hydrogen-bond donors (Lipinski definition) is 0. The zero-order valence-corrected chi connectivity index (χ0v) is 11.3. The van der Waals surface area contributed by atoms with Crippen molar-refractivity contribution < 1.29 is 8.78 Å². The van der Waals surface area contributed by atoms with Crippen LogP contribution in [0.3, 0.4) is 0 Å². The summed E-state index contributed by atoms with van der Waals surface area (Å²) in [6.07, 6.45) is 4.05. The number of piperidine rings is 1. The summed E-state index contributed by atoms with van der Waals surface area (Å²) in [6.45, 7) is 2.79. The van der Waals surface area contributed by atoms with Crippen molar-refractivity contribution in [1.29, 1.82) is 0 Å². The summed E-state index contributed by atoms with van der Waals surface area (Å²) < 4.78 is 28.1. The van der Waals surface area contributed by atoms with Crippen LogP contribution >= 0.6 is 11.6 Å². The topological polar surface area (TPSA) is 3.24 Å². The van der Waals surface area contributed by atoms with Gasteiger partial charge in [0.15, 0.2) is 0 Å². The van der Waals surface area contributed by atoms with E-state index >= 15 is 0 Å². The lowest BCUT2D eigenvalue weighted by molar-refractivity contribution is 0.434. The zero-order valence-electron chi connectivity index (χ0n) is 10.6. The molecule has 0 saturated carbocycles. The van der Waals surface area contributed by atoms with Gasteiger partial charge in [-0.05, 0) is 43.4 Å². The number of rotatable bonds is 3. The van der Waals surface area contributed by atoms with Crippen molar-refractivity contribution in [2.24, 2.45) is 0 Å². The molecule has 0 radical (unpaired) electrons. The summed E-state index contributed by atoms with van der Waals surface area (Å²) in [7, 11) is 0. The van der Waals surface area contributed by atoms with Gasteiger partial charge >= 0.3 is 0 Å². The van der Waals surface area contributed by atoms with Crippen molar-refractivity contribution in [3.63, 3.8) is 0 Å². The van der Waals surface area contributed by atoms with Crippen LogP contribution in [0.5, 0.6) is 0 Å². The molecule has 1 aliphatic rings. The first kappa shape index (κ1) is 13.6. The molecule has 1 aromatic carbocycles. The van der Waals surface area contributed by atoms with Gasteiger partial charge in [-0.25, -0.2) is 8.78 Å². The molecule has 1 aliphatic heterocycles. The van der Waals surface area contributed by atoms with Crippen LogP contribution in [0.25, 0.3) is 0 Å². The number of nitrogens with zero attached hydrogens (tertiary/aromatic N) is 1. The summed E-state index contributed by atoms with van der Waals surface area (Å²) in [6, 6.07) is 2.92. The Bertz CT molecular complexity index is 399. The van der Waals surface area contributed by atoms with Gasteiger partial charge in [-0.2, -0.15) is 0 Å². The van der Waals surface area contributed by atoms with Crippen LogP contribution in [0.15, 0.2) is 12.1 Å². The summed E-state index contributed by atoms with van der Waals surface area (Å²) in [4.78, 5) is 1.88. The molecule has 1 fully saturated rings. The maximum absolute atomic E-state index is 14.1. The van der Waals surface area contributed by atoms with E-state index in [1.807, 2.05) is 4.90 Å². The van der Waals surface area contributed by atoms with Crippen molar-refractivity contribution in [3.8, 4) is 0 Å². The molecule has 0 N–H and O–H groups in total. The number of hydrogen-bond acceptors (Lipinski definition) is 1. The fraction of sp³-hybridized carbons (Fsp3) is 0.571. The lowest BCUT2D eigenvalue weighted by atomic mass is 9.98. The Morgan fingerprint density at radius 2 is 1.94 bits per heavy atom. The van der Waals surface area contributed by atoms with E-state index in [0.717, 1.165) is 32.2 Å². The Balaban J connectivity index is 2.37. The van der Waals surface area contributed by atoms with Crippen LogP contribution in [0, 0.1) is 11.6 Å². The first-order valence-electron chi connectivity index (χ1n) is 6.48. The van der Waals surface area contributed by atoms with Gasteiger partial charge in [0.25, 0.3) is 0 Å². The Morgan fingerprint density at radius 1 is 1.28 bits per heavy atom. The number of benzene rings is 1. The van der Waals surface area contributed by atoms with Gasteiger partial charge in [0.05, 0.1) is 0 Å². The maximum Gasteiger partial charge on any atom is 0.149 e. The quantitative estimate of drug-likeness (QED) is 0.735. The molecule has 0 aliphatic carbocycles. The first-order valence-corrected chi connectivity index (χ1v) is 7.01. The summed E-state index contributed by atoms with van der Waals surface area (Å²) in [5.74, 6) is -0.859. The predicted octanol–water partition coefficient (Wildman–Crippen LogP) is 4.47. The SMILES string of the molecule is CCC1CCCCN1c1c(F)cc(CCl)cc1F. The van der Waals surface area contributed by atoms with Crippen LogP contribution in [0.2, 0.25) is 0 Å². The second-order valence-electron chi connectivity index (χ2n) is 4.79. The molecule has 100 valence electrons. The molecule has 1 unspecified atom stereocenters. The van der Waals surface area contributed by atoms with E-state index in [1.165, 1.54) is 12.1 Å². The van der Waals surface area contributed by atoms with E-state index < -0.39 is 11.6 Å². The molecule has 0 bridgehead atoms. The van der Waals surface area contributed by atoms with E-state index in [2.05, 4.69) is 6.92 Å². The van der Waals surface area contributed by atoms with Crippen molar-refractivity contribution >= 4 is 17.3 Å². The van der Waals surface area contributed by atoms with E-state index in [4.69, 9.17) is 11.6 Å². The smallest absolute Gasteiger partial charge is 0.149 e. The molecule has 0 spiro atoms. The van der Waals surface area contributed by atoms with E-state index in [1.54, 1.807) is 0 Å². The Hall–Kier alpha value is -0.830. The number of halogens is 3. The molecule has 0 amide bonds. The fourth-order valence-corrected chi connectivity index (χ4v) is 2.84. The Kier molecular flexibility index (Phi) is 4.44. The van der Waals surface area contributed by atoms with Crippen LogP contribution < -0.4 is 4.90 Å². The van der Waals surface area contributed by atoms with Gasteiger partial charge in [-0.1, -0.05) is 6.92 Å². The highest BCUT2D eigenvalue weighted by atomic mass is 35.5. The molecule has 18 heavy (non-hydrogen) atoms. The molecule has 1 atom stereocenters. The second kappa shape index (κ2) is 5.87. The van der Waals surface area contributed by atoms with Crippen LogP contribution in [-0.4, -0.2) is 12.6 Å². The molecule has 2 rings (SSSR count). The minimum absolute atomic E-state index is 0.121. The van der Waals surface area contributed by atoms with E-state index in [0.29, 0.717) is 5.56 Å². The zero-order chi connectivity index (χ0) is 13.1. The van der Waals surface area contributed by atoms with Gasteiger partial charge in [-0.3, -0.25) is 0 Å². The first-order chi connectivity index (χ1) is 8.67. The summed E-state index contributed by atoms with van der Waals surface area (Å²) in [5, 5.41) is 0. The van der Waals surface area contributed by atoms with E-state index in [9.17, 15) is 8.78 Å². The highest BCUT2D eigenvalue weighted by molar-refractivity contribution is 6.17. The average molecular weight is 274 g/mol. The third-order valence-corrected chi connectivity index (χ3v) is 3.93. The fourth-order valence-electron chi connectivity index (χ4n) is 2.69. The third-order valence-electron chi connectivity index (χ3n) is 3.62. The lowest BCUT2D eigenvalue weighted by Crippen LogP contribution is -2.40. The van der Waals surface area contributed by atoms with Gasteiger partial charge in [0.1, 0.15) is 17.3 Å². The second-order valence-corrected chi connectivity index (χ2v) is 5.06. The standard InChI is InChI=1S/C14H18ClF2N/c1-2-11-5-3-4-6-18(11)14-12(16)7-10(9-15)8-13(14)17/h7-8,11H,2-6,9H2,1H3. The molecule has 1 nitrogen and oxygen atoms in total. The summed E-state index contributed by atoms with van der Waals surface area (Å²) in [5.41, 5.74) is 0.607. The van der Waals surface area contributed by atoms with Crippen molar-refractivity contribution in [1.82, 2.24) is 0 Å². The summed E-state index contributed by atoms with van der Waals surface area (Å²) >= 11 is 5.62. The van der Waals surface area contributed by atoms with E-state index in [-0.39, 0.29) is 17.6 Å².